The van der Waals surface area contributed by atoms with E-state index in [9.17, 15) is 5.11 Å². The summed E-state index contributed by atoms with van der Waals surface area (Å²) in [7, 11) is -2.01. The summed E-state index contributed by atoms with van der Waals surface area (Å²) in [4.78, 5) is 17.3. The number of hydrogen-bond donors (Lipinski definition) is 3. The van der Waals surface area contributed by atoms with Crippen molar-refractivity contribution < 1.29 is 14.9 Å². The Kier molecular flexibility index (Phi) is 2.79. The van der Waals surface area contributed by atoms with Crippen LogP contribution in [0.1, 0.15) is 6.42 Å². The van der Waals surface area contributed by atoms with Crippen LogP contribution in [0.5, 0.6) is 0 Å². The summed E-state index contributed by atoms with van der Waals surface area (Å²) in [5.41, 5.74) is -1.04. The second-order valence-electron chi connectivity index (χ2n) is 2.63. The second kappa shape index (κ2) is 3.46. The molecule has 1 rings (SSSR count). The van der Waals surface area contributed by atoms with Crippen LogP contribution in [0.4, 0.5) is 0 Å². The van der Waals surface area contributed by atoms with Gasteiger partial charge in [-0.15, -0.1) is 0 Å². The first-order chi connectivity index (χ1) is 5.12. The fraction of sp³-hybridized carbons (Fsp3) is 0.429. The first-order valence-electron chi connectivity index (χ1n) is 3.34. The molecule has 0 saturated carbocycles. The summed E-state index contributed by atoms with van der Waals surface area (Å²) in [5, 5.41) is 9.60. The molecule has 1 aliphatic rings. The van der Waals surface area contributed by atoms with Gasteiger partial charge in [-0.2, -0.15) is 0 Å². The summed E-state index contributed by atoms with van der Waals surface area (Å²) in [6.07, 6.45) is 7.42. The Morgan fingerprint density at radius 3 is 2.55 bits per heavy atom. The first-order valence-corrected chi connectivity index (χ1v) is 4.78. The molecule has 0 spiro atoms. The Bertz CT molecular complexity index is 188. The molecule has 0 aromatic rings. The lowest BCUT2D eigenvalue weighted by Crippen LogP contribution is -2.29. The van der Waals surface area contributed by atoms with Gasteiger partial charge in [-0.05, 0) is 6.42 Å². The highest BCUT2D eigenvalue weighted by molar-refractivity contribution is 7.45. The van der Waals surface area contributed by atoms with Gasteiger partial charge in [0, 0.05) is 0 Å². The maximum Gasteiger partial charge on any atom is 0.168 e. The molecule has 1 unspecified atom stereocenters. The van der Waals surface area contributed by atoms with Crippen molar-refractivity contribution >= 4 is 8.38 Å². The van der Waals surface area contributed by atoms with Crippen molar-refractivity contribution in [2.75, 3.05) is 6.16 Å². The Labute approximate surface area is 66.6 Å². The van der Waals surface area contributed by atoms with E-state index in [4.69, 9.17) is 9.79 Å². The third-order valence-electron chi connectivity index (χ3n) is 1.54. The molecule has 0 fully saturated rings. The molecule has 11 heavy (non-hydrogen) atoms. The molecule has 62 valence electrons. The van der Waals surface area contributed by atoms with Crippen LogP contribution in [-0.4, -0.2) is 26.7 Å². The van der Waals surface area contributed by atoms with Crippen LogP contribution >= 0.6 is 8.38 Å². The van der Waals surface area contributed by atoms with Crippen LogP contribution in [0.25, 0.3) is 0 Å². The van der Waals surface area contributed by atoms with Gasteiger partial charge in [0.05, 0.1) is 11.8 Å². The molecule has 0 aromatic carbocycles. The lowest BCUT2D eigenvalue weighted by Gasteiger charge is -2.24. The minimum atomic E-state index is -2.01. The highest BCUT2D eigenvalue weighted by Crippen LogP contribution is 2.32. The minimum Gasteiger partial charge on any atom is -0.385 e. The summed E-state index contributed by atoms with van der Waals surface area (Å²) in [5.74, 6) is 0. The molecule has 0 amide bonds. The Morgan fingerprint density at radius 2 is 2.09 bits per heavy atom. The van der Waals surface area contributed by atoms with Gasteiger partial charge in [-0.3, -0.25) is 0 Å². The molecule has 3 nitrogen and oxygen atoms in total. The van der Waals surface area contributed by atoms with Gasteiger partial charge in [-0.1, -0.05) is 24.3 Å². The largest absolute Gasteiger partial charge is 0.385 e. The van der Waals surface area contributed by atoms with Crippen molar-refractivity contribution in [3.8, 4) is 0 Å². The minimum absolute atomic E-state index is 0.0309. The predicted octanol–water partition coefficient (Wildman–Crippen LogP) is 0.530. The number of allylic oxidation sites excluding steroid dienone is 2. The molecule has 0 heterocycles. The van der Waals surface area contributed by atoms with Crippen molar-refractivity contribution in [2.24, 2.45) is 0 Å². The van der Waals surface area contributed by atoms with Crippen LogP contribution in [-0.2, 0) is 0 Å². The zero-order valence-electron chi connectivity index (χ0n) is 6.01. The third kappa shape index (κ3) is 2.72. The van der Waals surface area contributed by atoms with Crippen LogP contribution in [0.2, 0.25) is 0 Å². The molecule has 0 bridgehead atoms. The predicted molar refractivity (Wildman–Crippen MR) is 44.1 cm³/mol. The summed E-state index contributed by atoms with van der Waals surface area (Å²) >= 11 is 0. The topological polar surface area (TPSA) is 60.7 Å². The monoisotopic (exact) mass is 174 g/mol. The quantitative estimate of drug-likeness (QED) is 0.535. The molecule has 3 N–H and O–H groups in total. The van der Waals surface area contributed by atoms with E-state index in [1.165, 1.54) is 0 Å². The fourth-order valence-corrected chi connectivity index (χ4v) is 1.74. The van der Waals surface area contributed by atoms with E-state index < -0.39 is 14.0 Å². The van der Waals surface area contributed by atoms with Gasteiger partial charge in [-0.25, -0.2) is 0 Å². The van der Waals surface area contributed by atoms with Gasteiger partial charge >= 0.3 is 0 Å². The lowest BCUT2D eigenvalue weighted by atomic mass is 9.98. The van der Waals surface area contributed by atoms with E-state index >= 15 is 0 Å². The van der Waals surface area contributed by atoms with Crippen LogP contribution < -0.4 is 0 Å². The van der Waals surface area contributed by atoms with E-state index in [0.29, 0.717) is 6.42 Å². The van der Waals surface area contributed by atoms with Gasteiger partial charge in [0.1, 0.15) is 0 Å². The van der Waals surface area contributed by atoms with E-state index in [2.05, 4.69) is 0 Å². The Hall–Kier alpha value is -0.210. The molecular weight excluding hydrogens is 163 g/mol. The molecule has 0 radical (unpaired) electrons. The van der Waals surface area contributed by atoms with Crippen LogP contribution in [0.15, 0.2) is 24.3 Å². The van der Waals surface area contributed by atoms with Gasteiger partial charge in [0.15, 0.2) is 8.38 Å². The zero-order chi connectivity index (χ0) is 8.32. The fourth-order valence-electron chi connectivity index (χ4n) is 1.02. The summed E-state index contributed by atoms with van der Waals surface area (Å²) < 4.78 is 0. The average molecular weight is 174 g/mol. The number of rotatable bonds is 2. The summed E-state index contributed by atoms with van der Waals surface area (Å²) in [6, 6.07) is 0. The van der Waals surface area contributed by atoms with Crippen molar-refractivity contribution in [1.29, 1.82) is 0 Å². The zero-order valence-corrected chi connectivity index (χ0v) is 6.91. The average Bonchev–Trinajstić information content (AvgIpc) is 1.85. The molecule has 0 aliphatic heterocycles. The van der Waals surface area contributed by atoms with Crippen LogP contribution in [0.3, 0.4) is 0 Å². The van der Waals surface area contributed by atoms with E-state index in [1.807, 2.05) is 6.08 Å². The maximum absolute atomic E-state index is 9.60. The van der Waals surface area contributed by atoms with Crippen LogP contribution in [0, 0.1) is 0 Å². The number of hydrogen-bond acceptors (Lipinski definition) is 3. The Balaban J connectivity index is 2.54. The molecule has 1 atom stereocenters. The van der Waals surface area contributed by atoms with Crippen molar-refractivity contribution in [3.63, 3.8) is 0 Å². The molecular formula is C7H11O3P. The van der Waals surface area contributed by atoms with Gasteiger partial charge in [0.2, 0.25) is 0 Å². The van der Waals surface area contributed by atoms with E-state index in [1.54, 1.807) is 18.2 Å². The highest BCUT2D eigenvalue weighted by atomic mass is 31.2. The van der Waals surface area contributed by atoms with E-state index in [-0.39, 0.29) is 6.16 Å². The maximum atomic E-state index is 9.60. The van der Waals surface area contributed by atoms with Crippen molar-refractivity contribution in [2.45, 2.75) is 12.0 Å². The van der Waals surface area contributed by atoms with Crippen molar-refractivity contribution in [3.05, 3.63) is 24.3 Å². The normalized spacial score (nSPS) is 29.8. The summed E-state index contributed by atoms with van der Waals surface area (Å²) in [6.45, 7) is 0. The standard InChI is InChI=1S/C7H11O3P/c8-7(6-11(9)10)4-2-1-3-5-7/h1-4,8-10H,5-6H2. The molecule has 0 aromatic heterocycles. The Morgan fingerprint density at radius 1 is 1.36 bits per heavy atom. The molecule has 0 saturated heterocycles. The van der Waals surface area contributed by atoms with Crippen molar-refractivity contribution in [1.82, 2.24) is 0 Å². The highest BCUT2D eigenvalue weighted by Gasteiger charge is 2.26. The first kappa shape index (κ1) is 8.88. The van der Waals surface area contributed by atoms with Gasteiger partial charge in [0.25, 0.3) is 0 Å². The molecule has 4 heteroatoms. The molecule has 1 aliphatic carbocycles. The lowest BCUT2D eigenvalue weighted by molar-refractivity contribution is 0.114. The van der Waals surface area contributed by atoms with Gasteiger partial charge < -0.3 is 14.9 Å². The smallest absolute Gasteiger partial charge is 0.168 e. The second-order valence-corrected chi connectivity index (χ2v) is 3.69. The SMILES string of the molecule is OP(O)CC1(O)C=CC=CC1. The number of aliphatic hydroxyl groups is 1. The van der Waals surface area contributed by atoms with E-state index in [0.717, 1.165) is 0 Å². The third-order valence-corrected chi connectivity index (χ3v) is 2.37.